The average molecular weight is 729 g/mol. The molecule has 5 nitrogen and oxygen atoms in total. The van der Waals surface area contributed by atoms with E-state index >= 15 is 0 Å². The number of aromatic nitrogens is 4. The van der Waals surface area contributed by atoms with Crippen LogP contribution in [-0.4, -0.2) is 19.9 Å². The zero-order valence-electron chi connectivity index (χ0n) is 30.7. The van der Waals surface area contributed by atoms with E-state index in [1.165, 1.54) is 0 Å². The van der Waals surface area contributed by atoms with Crippen molar-refractivity contribution in [3.05, 3.63) is 194 Å². The zero-order valence-corrected chi connectivity index (χ0v) is 30.7. The average Bonchev–Trinajstić information content (AvgIpc) is 3.67. The molecule has 0 aliphatic rings. The van der Waals surface area contributed by atoms with Gasteiger partial charge in [-0.05, 0) is 47.0 Å². The molecule has 0 amide bonds. The molecule has 57 heavy (non-hydrogen) atoms. The smallest absolute Gasteiger partial charge is 0.164 e. The summed E-state index contributed by atoms with van der Waals surface area (Å²) in [6, 6.07) is 66.8. The molecule has 266 valence electrons. The lowest BCUT2D eigenvalue weighted by molar-refractivity contribution is 0.669. The van der Waals surface area contributed by atoms with Gasteiger partial charge in [-0.3, -0.25) is 0 Å². The Morgan fingerprint density at radius 2 is 0.807 bits per heavy atom. The Labute approximate surface area is 328 Å². The minimum atomic E-state index is 0.593. The third kappa shape index (κ3) is 5.72. The van der Waals surface area contributed by atoms with Crippen molar-refractivity contribution >= 4 is 43.6 Å². The molecular weight excluding hydrogens is 697 g/mol. The number of para-hydroxylation sites is 2. The second-order valence-corrected chi connectivity index (χ2v) is 14.2. The molecule has 5 heteroatoms. The predicted octanol–water partition coefficient (Wildman–Crippen LogP) is 13.5. The highest BCUT2D eigenvalue weighted by Gasteiger charge is 2.22. The fourth-order valence-corrected chi connectivity index (χ4v) is 8.05. The van der Waals surface area contributed by atoms with Gasteiger partial charge in [-0.1, -0.05) is 164 Å². The van der Waals surface area contributed by atoms with Crippen molar-refractivity contribution in [1.82, 2.24) is 19.9 Å². The molecule has 0 saturated heterocycles. The maximum absolute atomic E-state index is 6.65. The van der Waals surface area contributed by atoms with Gasteiger partial charge in [0.05, 0.1) is 11.2 Å². The normalized spacial score (nSPS) is 11.5. The van der Waals surface area contributed by atoms with Gasteiger partial charge in [-0.15, -0.1) is 0 Å². The van der Waals surface area contributed by atoms with Gasteiger partial charge in [0.1, 0.15) is 11.2 Å². The first-order valence-corrected chi connectivity index (χ1v) is 19.1. The van der Waals surface area contributed by atoms with Crippen LogP contribution < -0.4 is 0 Å². The molecule has 0 atom stereocenters. The predicted molar refractivity (Wildman–Crippen MR) is 233 cm³/mol. The summed E-state index contributed by atoms with van der Waals surface area (Å²) >= 11 is 0. The van der Waals surface area contributed by atoms with Crippen LogP contribution in [0.1, 0.15) is 0 Å². The largest absolute Gasteiger partial charge is 0.456 e. The number of furan rings is 1. The van der Waals surface area contributed by atoms with Gasteiger partial charge in [0, 0.05) is 54.7 Å². The second kappa shape index (κ2) is 13.5. The van der Waals surface area contributed by atoms with E-state index in [0.29, 0.717) is 17.5 Å². The third-order valence-electron chi connectivity index (χ3n) is 10.7. The van der Waals surface area contributed by atoms with Gasteiger partial charge in [0.15, 0.2) is 17.5 Å². The summed E-state index contributed by atoms with van der Waals surface area (Å²) in [5.41, 5.74) is 11.6. The molecule has 3 heterocycles. The molecule has 0 radical (unpaired) electrons. The Bertz CT molecular complexity index is 3290. The summed E-state index contributed by atoms with van der Waals surface area (Å²) in [6.07, 6.45) is 0. The first kappa shape index (κ1) is 32.7. The summed E-state index contributed by atoms with van der Waals surface area (Å²) in [6.45, 7) is 0. The maximum atomic E-state index is 6.65. The highest BCUT2D eigenvalue weighted by Crippen LogP contribution is 2.46. The van der Waals surface area contributed by atoms with E-state index in [0.717, 1.165) is 93.8 Å². The van der Waals surface area contributed by atoms with Crippen LogP contribution >= 0.6 is 0 Å². The molecule has 0 saturated carbocycles. The molecule has 0 aliphatic heterocycles. The van der Waals surface area contributed by atoms with Crippen molar-refractivity contribution in [2.75, 3.05) is 0 Å². The molecule has 11 aromatic rings. The van der Waals surface area contributed by atoms with Gasteiger partial charge in [0.2, 0.25) is 0 Å². The molecular formula is C52H32N4O. The molecule has 0 fully saturated rings. The zero-order chi connectivity index (χ0) is 37.7. The quantitative estimate of drug-likeness (QED) is 0.160. The Morgan fingerprint density at radius 1 is 0.298 bits per heavy atom. The van der Waals surface area contributed by atoms with Crippen LogP contribution in [0.25, 0.3) is 111 Å². The Hall–Kier alpha value is -7.76. The number of hydrogen-bond acceptors (Lipinski definition) is 5. The molecule has 0 bridgehead atoms. The van der Waals surface area contributed by atoms with Crippen LogP contribution in [0.15, 0.2) is 199 Å². The van der Waals surface area contributed by atoms with Crippen LogP contribution in [0.3, 0.4) is 0 Å². The second-order valence-electron chi connectivity index (χ2n) is 14.2. The molecule has 11 rings (SSSR count). The van der Waals surface area contributed by atoms with E-state index in [2.05, 4.69) is 140 Å². The minimum absolute atomic E-state index is 0.593. The number of benzene rings is 8. The SMILES string of the molecule is c1ccc(-c2cccc(-c3nc(-c4ccccc4)nc(-c4cccc(-c5c6c(cc7c(-c8ccccc8)nc8ccccc8c57)oc5ccccc56)c4)n3)c2)cc1. The van der Waals surface area contributed by atoms with Gasteiger partial charge in [-0.2, -0.15) is 0 Å². The highest BCUT2D eigenvalue weighted by molar-refractivity contribution is 6.27. The van der Waals surface area contributed by atoms with Crippen molar-refractivity contribution < 1.29 is 4.42 Å². The summed E-state index contributed by atoms with van der Waals surface area (Å²) in [7, 11) is 0. The van der Waals surface area contributed by atoms with Crippen molar-refractivity contribution in [2.24, 2.45) is 0 Å². The van der Waals surface area contributed by atoms with Gasteiger partial charge >= 0.3 is 0 Å². The van der Waals surface area contributed by atoms with Crippen LogP contribution in [-0.2, 0) is 0 Å². The number of nitrogens with zero attached hydrogens (tertiary/aromatic N) is 4. The van der Waals surface area contributed by atoms with Gasteiger partial charge < -0.3 is 4.42 Å². The number of fused-ring (bicyclic) bond motifs is 6. The molecule has 0 aliphatic carbocycles. The number of hydrogen-bond donors (Lipinski definition) is 0. The van der Waals surface area contributed by atoms with E-state index in [-0.39, 0.29) is 0 Å². The number of rotatable bonds is 6. The van der Waals surface area contributed by atoms with Crippen LogP contribution in [0.2, 0.25) is 0 Å². The highest BCUT2D eigenvalue weighted by atomic mass is 16.3. The lowest BCUT2D eigenvalue weighted by Crippen LogP contribution is -2.00. The van der Waals surface area contributed by atoms with Crippen molar-refractivity contribution in [1.29, 1.82) is 0 Å². The summed E-state index contributed by atoms with van der Waals surface area (Å²) in [5, 5.41) is 5.34. The van der Waals surface area contributed by atoms with E-state index < -0.39 is 0 Å². The van der Waals surface area contributed by atoms with Crippen LogP contribution in [0.5, 0.6) is 0 Å². The summed E-state index contributed by atoms with van der Waals surface area (Å²) in [5.74, 6) is 1.82. The molecule has 8 aromatic carbocycles. The minimum Gasteiger partial charge on any atom is -0.456 e. The summed E-state index contributed by atoms with van der Waals surface area (Å²) in [4.78, 5) is 20.6. The fourth-order valence-electron chi connectivity index (χ4n) is 8.05. The Morgan fingerprint density at radius 3 is 1.51 bits per heavy atom. The Balaban J connectivity index is 1.18. The van der Waals surface area contributed by atoms with Crippen molar-refractivity contribution in [3.8, 4) is 67.7 Å². The van der Waals surface area contributed by atoms with E-state index in [4.69, 9.17) is 24.4 Å². The summed E-state index contributed by atoms with van der Waals surface area (Å²) < 4.78 is 6.65. The first-order chi connectivity index (χ1) is 28.2. The van der Waals surface area contributed by atoms with Gasteiger partial charge in [-0.25, -0.2) is 19.9 Å². The standard InChI is InChI=1S/C52H32N4O/c1-4-16-33(17-5-1)36-22-14-24-38(30-36)51-54-50(35-20-8-3-9-21-35)55-52(56-51)39-25-15-23-37(31-39)46-47-40-26-10-12-28-43(40)53-49(34-18-6-2-7-19-34)42(47)32-45-48(46)41-27-11-13-29-44(41)57-45/h1-32H. The van der Waals surface area contributed by atoms with E-state index in [1.54, 1.807) is 0 Å². The van der Waals surface area contributed by atoms with E-state index in [9.17, 15) is 0 Å². The van der Waals surface area contributed by atoms with Crippen molar-refractivity contribution in [3.63, 3.8) is 0 Å². The van der Waals surface area contributed by atoms with Crippen molar-refractivity contribution in [2.45, 2.75) is 0 Å². The number of pyridine rings is 1. The molecule has 0 spiro atoms. The van der Waals surface area contributed by atoms with Crippen LogP contribution in [0, 0.1) is 0 Å². The third-order valence-corrected chi connectivity index (χ3v) is 10.7. The molecule has 0 unspecified atom stereocenters. The first-order valence-electron chi connectivity index (χ1n) is 19.1. The lowest BCUT2D eigenvalue weighted by Gasteiger charge is -2.16. The fraction of sp³-hybridized carbons (Fsp3) is 0. The van der Waals surface area contributed by atoms with Gasteiger partial charge in [0.25, 0.3) is 0 Å². The van der Waals surface area contributed by atoms with E-state index in [1.807, 2.05) is 54.6 Å². The maximum Gasteiger partial charge on any atom is 0.164 e. The van der Waals surface area contributed by atoms with Crippen LogP contribution in [0.4, 0.5) is 0 Å². The molecule has 0 N–H and O–H groups in total. The molecule has 3 aromatic heterocycles. The monoisotopic (exact) mass is 728 g/mol. The topological polar surface area (TPSA) is 64.7 Å². The Kier molecular flexibility index (Phi) is 7.74. The lowest BCUT2D eigenvalue weighted by atomic mass is 9.89.